The monoisotopic (exact) mass is 554 g/mol. The minimum atomic E-state index is 0.667. The van der Waals surface area contributed by atoms with Crippen molar-refractivity contribution in [2.75, 3.05) is 0 Å². The normalized spacial score (nSPS) is 11.8. The summed E-state index contributed by atoms with van der Waals surface area (Å²) in [4.78, 5) is 18.6. The average molecular weight is 555 g/mol. The first-order chi connectivity index (χ1) is 20.8. The first-order valence-corrected chi connectivity index (χ1v) is 14.8. The van der Waals surface area contributed by atoms with Crippen LogP contribution in [-0.2, 0) is 0 Å². The summed E-state index contributed by atoms with van der Waals surface area (Å²) in [5.41, 5.74) is 5.26. The molecular weight excluding hydrogens is 533 g/mol. The molecule has 6 aromatic carbocycles. The fourth-order valence-electron chi connectivity index (χ4n) is 6.13. The summed E-state index contributed by atoms with van der Waals surface area (Å²) < 4.78 is 2.52. The van der Waals surface area contributed by atoms with Crippen LogP contribution in [0.1, 0.15) is 0 Å². The Hall–Kier alpha value is -5.39. The highest BCUT2D eigenvalue weighted by atomic mass is 32.1. The Bertz CT molecular complexity index is 2400. The maximum absolute atomic E-state index is 4.99. The van der Waals surface area contributed by atoms with Crippen molar-refractivity contribution in [1.82, 2.24) is 19.9 Å². The Kier molecular flexibility index (Phi) is 5.03. The first-order valence-electron chi connectivity index (χ1n) is 14.0. The van der Waals surface area contributed by atoms with Crippen LogP contribution in [-0.4, -0.2) is 19.9 Å². The molecule has 196 valence electrons. The summed E-state index contributed by atoms with van der Waals surface area (Å²) in [7, 11) is 0. The number of hydrogen-bond donors (Lipinski definition) is 1. The van der Waals surface area contributed by atoms with Crippen molar-refractivity contribution in [1.29, 1.82) is 0 Å². The van der Waals surface area contributed by atoms with E-state index in [2.05, 4.69) is 71.7 Å². The molecule has 0 spiro atoms. The smallest absolute Gasteiger partial charge is 0.164 e. The molecule has 0 saturated carbocycles. The second kappa shape index (κ2) is 9.06. The maximum atomic E-state index is 4.99. The number of H-pyrrole nitrogens is 1. The van der Waals surface area contributed by atoms with E-state index in [1.54, 1.807) is 0 Å². The van der Waals surface area contributed by atoms with Crippen molar-refractivity contribution in [3.05, 3.63) is 127 Å². The minimum absolute atomic E-state index is 0.667. The lowest BCUT2D eigenvalue weighted by atomic mass is 9.98. The van der Waals surface area contributed by atoms with Gasteiger partial charge in [-0.25, -0.2) is 15.0 Å². The minimum Gasteiger partial charge on any atom is -0.353 e. The largest absolute Gasteiger partial charge is 0.353 e. The molecule has 0 fully saturated rings. The number of aromatic amines is 1. The van der Waals surface area contributed by atoms with Gasteiger partial charge in [0.1, 0.15) is 0 Å². The van der Waals surface area contributed by atoms with E-state index in [-0.39, 0.29) is 0 Å². The standard InChI is InChI=1S/C37H22N4S/c1-3-11-22(12-4-1)35-39-36(23-13-5-2-6-14-23)41-37(40-35)24-19-20-30-28(21-24)32-26-16-8-7-15-25(26)31-27-17-9-10-18-29(27)38-33(31)34(32)42-30/h1-21,38H. The molecule has 5 heteroatoms. The Balaban J connectivity index is 1.34. The van der Waals surface area contributed by atoms with Crippen molar-refractivity contribution >= 4 is 64.1 Å². The molecule has 0 aliphatic rings. The van der Waals surface area contributed by atoms with Gasteiger partial charge >= 0.3 is 0 Å². The lowest BCUT2D eigenvalue weighted by Crippen LogP contribution is -2.00. The zero-order valence-electron chi connectivity index (χ0n) is 22.4. The van der Waals surface area contributed by atoms with Gasteiger partial charge in [0.05, 0.1) is 10.2 Å². The number of nitrogens with zero attached hydrogens (tertiary/aromatic N) is 3. The number of fused-ring (bicyclic) bond motifs is 10. The van der Waals surface area contributed by atoms with Crippen LogP contribution >= 0.6 is 11.3 Å². The Morgan fingerprint density at radius 3 is 1.67 bits per heavy atom. The fourth-order valence-corrected chi connectivity index (χ4v) is 7.33. The molecule has 4 nitrogen and oxygen atoms in total. The highest BCUT2D eigenvalue weighted by Crippen LogP contribution is 2.46. The molecular formula is C37H22N4S. The molecule has 0 aliphatic heterocycles. The molecule has 0 radical (unpaired) electrons. The second-order valence-corrected chi connectivity index (χ2v) is 11.6. The van der Waals surface area contributed by atoms with Crippen LogP contribution in [0.15, 0.2) is 127 Å². The summed E-state index contributed by atoms with van der Waals surface area (Å²) in [5.74, 6) is 2.00. The Morgan fingerprint density at radius 2 is 1.00 bits per heavy atom. The van der Waals surface area contributed by atoms with E-state index in [0.29, 0.717) is 17.5 Å². The van der Waals surface area contributed by atoms with Crippen molar-refractivity contribution < 1.29 is 0 Å². The molecule has 3 heterocycles. The van der Waals surface area contributed by atoms with E-state index in [9.17, 15) is 0 Å². The molecule has 3 aromatic heterocycles. The van der Waals surface area contributed by atoms with E-state index >= 15 is 0 Å². The third-order valence-electron chi connectivity index (χ3n) is 8.04. The number of rotatable bonds is 3. The highest BCUT2D eigenvalue weighted by molar-refractivity contribution is 7.27. The molecule has 0 saturated heterocycles. The number of para-hydroxylation sites is 1. The lowest BCUT2D eigenvalue weighted by Gasteiger charge is -2.09. The van der Waals surface area contributed by atoms with Crippen LogP contribution in [0.5, 0.6) is 0 Å². The van der Waals surface area contributed by atoms with Crippen LogP contribution in [0.4, 0.5) is 0 Å². The topological polar surface area (TPSA) is 54.5 Å². The fraction of sp³-hybridized carbons (Fsp3) is 0. The van der Waals surface area contributed by atoms with Gasteiger partial charge in [-0.05, 0) is 35.0 Å². The molecule has 9 aromatic rings. The number of nitrogens with one attached hydrogen (secondary N) is 1. The summed E-state index contributed by atoms with van der Waals surface area (Å²) in [5, 5.41) is 7.56. The van der Waals surface area contributed by atoms with E-state index in [1.165, 1.54) is 47.2 Å². The van der Waals surface area contributed by atoms with Gasteiger partial charge in [0.2, 0.25) is 0 Å². The van der Waals surface area contributed by atoms with E-state index in [0.717, 1.165) is 22.2 Å². The highest BCUT2D eigenvalue weighted by Gasteiger charge is 2.19. The van der Waals surface area contributed by atoms with Crippen molar-refractivity contribution in [2.45, 2.75) is 0 Å². The van der Waals surface area contributed by atoms with Crippen molar-refractivity contribution in [3.8, 4) is 34.2 Å². The van der Waals surface area contributed by atoms with Crippen LogP contribution < -0.4 is 0 Å². The molecule has 0 unspecified atom stereocenters. The van der Waals surface area contributed by atoms with Crippen LogP contribution in [0.2, 0.25) is 0 Å². The molecule has 0 aliphatic carbocycles. The summed E-state index contributed by atoms with van der Waals surface area (Å²) in [6.45, 7) is 0. The zero-order chi connectivity index (χ0) is 27.6. The molecule has 0 amide bonds. The predicted octanol–water partition coefficient (Wildman–Crippen LogP) is 10.0. The summed E-state index contributed by atoms with van der Waals surface area (Å²) >= 11 is 1.84. The van der Waals surface area contributed by atoms with Gasteiger partial charge < -0.3 is 4.98 Å². The van der Waals surface area contributed by atoms with E-state index < -0.39 is 0 Å². The Morgan fingerprint density at radius 1 is 0.452 bits per heavy atom. The van der Waals surface area contributed by atoms with Crippen LogP contribution in [0.3, 0.4) is 0 Å². The van der Waals surface area contributed by atoms with Crippen molar-refractivity contribution in [3.63, 3.8) is 0 Å². The third kappa shape index (κ3) is 3.51. The molecule has 9 rings (SSSR count). The van der Waals surface area contributed by atoms with Gasteiger partial charge in [-0.1, -0.05) is 103 Å². The zero-order valence-corrected chi connectivity index (χ0v) is 23.2. The second-order valence-electron chi connectivity index (χ2n) is 10.5. The van der Waals surface area contributed by atoms with Crippen LogP contribution in [0.25, 0.3) is 86.9 Å². The molecule has 1 N–H and O–H groups in total. The van der Waals surface area contributed by atoms with Gasteiger partial charge in [-0.2, -0.15) is 0 Å². The SMILES string of the molecule is c1ccc(-c2nc(-c3ccccc3)nc(-c3ccc4sc5c6[nH]c7ccccc7c6c6ccccc6c5c4c3)n2)cc1. The van der Waals surface area contributed by atoms with Crippen molar-refractivity contribution in [2.24, 2.45) is 0 Å². The average Bonchev–Trinajstić information content (AvgIpc) is 3.65. The third-order valence-corrected chi connectivity index (χ3v) is 9.23. The summed E-state index contributed by atoms with van der Waals surface area (Å²) in [6, 6.07) is 44.2. The number of thiophene rings is 1. The quantitative estimate of drug-likeness (QED) is 0.236. The lowest BCUT2D eigenvalue weighted by molar-refractivity contribution is 1.07. The molecule has 42 heavy (non-hydrogen) atoms. The van der Waals surface area contributed by atoms with E-state index in [1.807, 2.05) is 72.0 Å². The first kappa shape index (κ1) is 23.3. The van der Waals surface area contributed by atoms with Gasteiger partial charge in [0, 0.05) is 48.5 Å². The maximum Gasteiger partial charge on any atom is 0.164 e. The number of aromatic nitrogens is 4. The van der Waals surface area contributed by atoms with Crippen LogP contribution in [0, 0.1) is 0 Å². The predicted molar refractivity (Wildman–Crippen MR) is 176 cm³/mol. The van der Waals surface area contributed by atoms with E-state index in [4.69, 9.17) is 15.0 Å². The summed E-state index contributed by atoms with van der Waals surface area (Å²) in [6.07, 6.45) is 0. The van der Waals surface area contributed by atoms with Gasteiger partial charge in [0.25, 0.3) is 0 Å². The van der Waals surface area contributed by atoms with Gasteiger partial charge in [-0.15, -0.1) is 11.3 Å². The van der Waals surface area contributed by atoms with Gasteiger partial charge in [0.15, 0.2) is 17.5 Å². The van der Waals surface area contributed by atoms with Gasteiger partial charge in [-0.3, -0.25) is 0 Å². The molecule has 0 atom stereocenters. The Labute approximate surface area is 245 Å². The number of benzene rings is 6. The number of hydrogen-bond acceptors (Lipinski definition) is 4. The molecule has 0 bridgehead atoms.